The van der Waals surface area contributed by atoms with Crippen LogP contribution in [0, 0.1) is 25.2 Å². The average Bonchev–Trinajstić information content (AvgIpc) is 2.56. The van der Waals surface area contributed by atoms with Gasteiger partial charge in [0.1, 0.15) is 18.1 Å². The number of carbonyl (C=O) groups excluding carboxylic acids is 1. The Morgan fingerprint density at radius 3 is 2.69 bits per heavy atom. The van der Waals surface area contributed by atoms with Gasteiger partial charge in [0.2, 0.25) is 0 Å². The molecule has 1 amide bonds. The monoisotopic (exact) mass is 220 g/mol. The second-order valence-corrected chi connectivity index (χ2v) is 3.71. The minimum absolute atomic E-state index is 0.121. The number of nitrogens with zero attached hydrogens (tertiary/aromatic N) is 2. The van der Waals surface area contributed by atoms with E-state index in [4.69, 9.17) is 9.68 Å². The van der Waals surface area contributed by atoms with E-state index in [1.54, 1.807) is 19.9 Å². The molecule has 0 spiro atoms. The van der Waals surface area contributed by atoms with E-state index in [0.717, 1.165) is 6.42 Å². The predicted molar refractivity (Wildman–Crippen MR) is 60.0 cm³/mol. The molecule has 0 N–H and O–H groups in total. The van der Waals surface area contributed by atoms with Crippen molar-refractivity contribution in [3.8, 4) is 6.07 Å². The molecule has 0 saturated carbocycles. The molecular formula is C12H16N2O2. The van der Waals surface area contributed by atoms with E-state index < -0.39 is 0 Å². The molecule has 0 aliphatic carbocycles. The second kappa shape index (κ2) is 5.36. The van der Waals surface area contributed by atoms with Crippen molar-refractivity contribution >= 4 is 5.91 Å². The van der Waals surface area contributed by atoms with Gasteiger partial charge in [-0.25, -0.2) is 0 Å². The van der Waals surface area contributed by atoms with Crippen LogP contribution in [0.2, 0.25) is 0 Å². The minimum atomic E-state index is -0.127. The van der Waals surface area contributed by atoms with Gasteiger partial charge in [0, 0.05) is 6.54 Å². The Balaban J connectivity index is 2.90. The zero-order valence-electron chi connectivity index (χ0n) is 9.91. The van der Waals surface area contributed by atoms with Crippen molar-refractivity contribution in [3.05, 3.63) is 23.2 Å². The maximum Gasteiger partial charge on any atom is 0.258 e. The normalized spacial score (nSPS) is 9.88. The Kier molecular flexibility index (Phi) is 4.12. The number of furan rings is 1. The largest absolute Gasteiger partial charge is 0.466 e. The number of carbonyl (C=O) groups is 1. The summed E-state index contributed by atoms with van der Waals surface area (Å²) in [6, 6.07) is 3.72. The molecule has 86 valence electrons. The summed E-state index contributed by atoms with van der Waals surface area (Å²) in [5.74, 6) is 1.20. The molecule has 0 saturated heterocycles. The zero-order chi connectivity index (χ0) is 12.1. The van der Waals surface area contributed by atoms with Gasteiger partial charge >= 0.3 is 0 Å². The molecule has 0 aliphatic rings. The van der Waals surface area contributed by atoms with Gasteiger partial charge in [0.15, 0.2) is 0 Å². The molecule has 0 aliphatic heterocycles. The summed E-state index contributed by atoms with van der Waals surface area (Å²) in [5, 5.41) is 8.67. The van der Waals surface area contributed by atoms with Gasteiger partial charge in [-0.05, 0) is 26.3 Å². The van der Waals surface area contributed by atoms with Crippen molar-refractivity contribution in [2.45, 2.75) is 27.2 Å². The van der Waals surface area contributed by atoms with Crippen molar-refractivity contribution in [1.82, 2.24) is 4.90 Å². The smallest absolute Gasteiger partial charge is 0.258 e. The van der Waals surface area contributed by atoms with Crippen LogP contribution in [0.3, 0.4) is 0 Å². The maximum absolute atomic E-state index is 12.1. The lowest BCUT2D eigenvalue weighted by molar-refractivity contribution is 0.0774. The molecule has 4 nitrogen and oxygen atoms in total. The van der Waals surface area contributed by atoms with Crippen molar-refractivity contribution < 1.29 is 9.21 Å². The number of aryl methyl sites for hydroxylation is 2. The van der Waals surface area contributed by atoms with Crippen LogP contribution >= 0.6 is 0 Å². The van der Waals surface area contributed by atoms with Gasteiger partial charge in [-0.2, -0.15) is 5.26 Å². The summed E-state index contributed by atoms with van der Waals surface area (Å²) >= 11 is 0. The minimum Gasteiger partial charge on any atom is -0.466 e. The highest BCUT2D eigenvalue weighted by Gasteiger charge is 2.19. The number of nitriles is 1. The number of hydrogen-bond acceptors (Lipinski definition) is 3. The molecule has 0 fully saturated rings. The first-order valence-electron chi connectivity index (χ1n) is 5.33. The molecule has 0 atom stereocenters. The lowest BCUT2D eigenvalue weighted by atomic mass is 10.2. The molecule has 0 unspecified atom stereocenters. The quantitative estimate of drug-likeness (QED) is 0.731. The lowest BCUT2D eigenvalue weighted by Gasteiger charge is -2.17. The molecule has 1 heterocycles. The third-order valence-electron chi connectivity index (χ3n) is 2.31. The SMILES string of the molecule is CCCN(CC#N)C(=O)c1cc(C)oc1C. The van der Waals surface area contributed by atoms with Crippen LogP contribution in [-0.2, 0) is 0 Å². The summed E-state index contributed by atoms with van der Waals surface area (Å²) in [7, 11) is 0. The lowest BCUT2D eigenvalue weighted by Crippen LogP contribution is -2.32. The molecule has 0 aromatic carbocycles. The Morgan fingerprint density at radius 2 is 2.25 bits per heavy atom. The van der Waals surface area contributed by atoms with Crippen LogP contribution in [0.25, 0.3) is 0 Å². The highest BCUT2D eigenvalue weighted by Crippen LogP contribution is 2.16. The number of rotatable bonds is 4. The summed E-state index contributed by atoms with van der Waals surface area (Å²) in [6.45, 7) is 6.26. The Labute approximate surface area is 95.5 Å². The van der Waals surface area contributed by atoms with Gasteiger partial charge in [0.05, 0.1) is 11.6 Å². The maximum atomic E-state index is 12.1. The summed E-state index contributed by atoms with van der Waals surface area (Å²) in [5.41, 5.74) is 0.557. The van der Waals surface area contributed by atoms with Crippen LogP contribution in [-0.4, -0.2) is 23.9 Å². The second-order valence-electron chi connectivity index (χ2n) is 3.71. The van der Waals surface area contributed by atoms with Crippen molar-refractivity contribution in [2.75, 3.05) is 13.1 Å². The van der Waals surface area contributed by atoms with Crippen molar-refractivity contribution in [2.24, 2.45) is 0 Å². The molecule has 0 bridgehead atoms. The summed E-state index contributed by atoms with van der Waals surface area (Å²) < 4.78 is 5.31. The number of hydrogen-bond donors (Lipinski definition) is 0. The molecule has 1 rings (SSSR count). The van der Waals surface area contributed by atoms with Crippen LogP contribution in [0.5, 0.6) is 0 Å². The standard InChI is InChI=1S/C12H16N2O2/c1-4-6-14(7-5-13)12(15)11-8-9(2)16-10(11)3/h8H,4,6-7H2,1-3H3. The first-order chi connectivity index (χ1) is 7.60. The van der Waals surface area contributed by atoms with Crippen molar-refractivity contribution in [1.29, 1.82) is 5.26 Å². The van der Waals surface area contributed by atoms with Gasteiger partial charge in [-0.3, -0.25) is 4.79 Å². The molecular weight excluding hydrogens is 204 g/mol. The Hall–Kier alpha value is -1.76. The van der Waals surface area contributed by atoms with Gasteiger partial charge in [-0.1, -0.05) is 6.92 Å². The highest BCUT2D eigenvalue weighted by atomic mass is 16.3. The van der Waals surface area contributed by atoms with Crippen LogP contribution in [0.15, 0.2) is 10.5 Å². The Morgan fingerprint density at radius 1 is 1.56 bits per heavy atom. The summed E-state index contributed by atoms with van der Waals surface area (Å²) in [6.07, 6.45) is 0.837. The van der Waals surface area contributed by atoms with E-state index in [1.165, 1.54) is 4.90 Å². The van der Waals surface area contributed by atoms with E-state index in [9.17, 15) is 4.79 Å². The van der Waals surface area contributed by atoms with Crippen molar-refractivity contribution in [3.63, 3.8) is 0 Å². The first kappa shape index (κ1) is 12.3. The van der Waals surface area contributed by atoms with E-state index in [-0.39, 0.29) is 12.5 Å². The van der Waals surface area contributed by atoms with E-state index in [0.29, 0.717) is 23.6 Å². The molecule has 1 aromatic heterocycles. The topological polar surface area (TPSA) is 57.2 Å². The fourth-order valence-corrected chi connectivity index (χ4v) is 1.62. The Bertz CT molecular complexity index is 415. The predicted octanol–water partition coefficient (Wildman–Crippen LogP) is 2.27. The first-order valence-corrected chi connectivity index (χ1v) is 5.33. The van der Waals surface area contributed by atoms with Gasteiger partial charge in [-0.15, -0.1) is 0 Å². The molecule has 4 heteroatoms. The van der Waals surface area contributed by atoms with E-state index in [1.807, 2.05) is 13.0 Å². The third kappa shape index (κ3) is 2.63. The van der Waals surface area contributed by atoms with Crippen LogP contribution < -0.4 is 0 Å². The number of amides is 1. The average molecular weight is 220 g/mol. The van der Waals surface area contributed by atoms with Crippen LogP contribution in [0.4, 0.5) is 0 Å². The fraction of sp³-hybridized carbons (Fsp3) is 0.500. The van der Waals surface area contributed by atoms with Gasteiger partial charge in [0.25, 0.3) is 5.91 Å². The molecule has 16 heavy (non-hydrogen) atoms. The fourth-order valence-electron chi connectivity index (χ4n) is 1.62. The van der Waals surface area contributed by atoms with E-state index in [2.05, 4.69) is 0 Å². The molecule has 0 radical (unpaired) electrons. The summed E-state index contributed by atoms with van der Waals surface area (Å²) in [4.78, 5) is 13.6. The van der Waals surface area contributed by atoms with Crippen LogP contribution in [0.1, 0.15) is 35.2 Å². The van der Waals surface area contributed by atoms with E-state index >= 15 is 0 Å². The van der Waals surface area contributed by atoms with Gasteiger partial charge < -0.3 is 9.32 Å². The third-order valence-corrected chi connectivity index (χ3v) is 2.31. The molecule has 1 aromatic rings. The highest BCUT2D eigenvalue weighted by molar-refractivity contribution is 5.95. The zero-order valence-corrected chi connectivity index (χ0v) is 9.91.